The topological polar surface area (TPSA) is 59.9 Å². The van der Waals surface area contributed by atoms with Gasteiger partial charge in [0, 0.05) is 5.69 Å². The van der Waals surface area contributed by atoms with Gasteiger partial charge in [-0.2, -0.15) is 15.0 Å². The van der Waals surface area contributed by atoms with E-state index in [1.165, 1.54) is 19.2 Å². The summed E-state index contributed by atoms with van der Waals surface area (Å²) in [6.07, 6.45) is 0. The van der Waals surface area contributed by atoms with Crippen LogP contribution in [0, 0.1) is 5.82 Å². The summed E-state index contributed by atoms with van der Waals surface area (Å²) >= 11 is 17.0. The SMILES string of the molecule is COc1nc(Cl)nc(Nc2cc(Cl)c(F)c(Cl)c2)n1. The molecule has 0 aliphatic heterocycles. The van der Waals surface area contributed by atoms with Crippen LogP contribution >= 0.6 is 34.8 Å². The summed E-state index contributed by atoms with van der Waals surface area (Å²) in [5.74, 6) is -0.573. The molecule has 0 amide bonds. The minimum Gasteiger partial charge on any atom is -0.467 e. The van der Waals surface area contributed by atoms with E-state index in [0.29, 0.717) is 5.69 Å². The van der Waals surface area contributed by atoms with Gasteiger partial charge in [-0.3, -0.25) is 0 Å². The Balaban J connectivity index is 2.33. The zero-order chi connectivity index (χ0) is 14.0. The predicted octanol–water partition coefficient (Wildman–Crippen LogP) is 3.72. The molecule has 2 rings (SSSR count). The number of nitrogens with zero attached hydrogens (tertiary/aromatic N) is 3. The highest BCUT2D eigenvalue weighted by molar-refractivity contribution is 6.35. The van der Waals surface area contributed by atoms with E-state index >= 15 is 0 Å². The van der Waals surface area contributed by atoms with Crippen LogP contribution in [-0.2, 0) is 0 Å². The molecule has 0 radical (unpaired) electrons. The van der Waals surface area contributed by atoms with Gasteiger partial charge in [0.25, 0.3) is 0 Å². The number of nitrogens with one attached hydrogen (secondary N) is 1. The lowest BCUT2D eigenvalue weighted by Gasteiger charge is -2.07. The van der Waals surface area contributed by atoms with Crippen molar-refractivity contribution in [1.29, 1.82) is 0 Å². The Kier molecular flexibility index (Phi) is 4.24. The van der Waals surface area contributed by atoms with Crippen LogP contribution in [0.15, 0.2) is 12.1 Å². The first-order valence-electron chi connectivity index (χ1n) is 4.86. The Morgan fingerprint density at radius 2 is 1.74 bits per heavy atom. The minimum absolute atomic E-state index is 0.0433. The van der Waals surface area contributed by atoms with Crippen molar-refractivity contribution in [3.63, 3.8) is 0 Å². The van der Waals surface area contributed by atoms with E-state index in [0.717, 1.165) is 0 Å². The lowest BCUT2D eigenvalue weighted by molar-refractivity contribution is 0.379. The molecule has 9 heteroatoms. The van der Waals surface area contributed by atoms with Crippen LogP contribution in [0.5, 0.6) is 6.01 Å². The summed E-state index contributed by atoms with van der Waals surface area (Å²) in [6.45, 7) is 0. The molecule has 0 aliphatic rings. The average Bonchev–Trinajstić information content (AvgIpc) is 2.35. The van der Waals surface area contributed by atoms with Gasteiger partial charge in [-0.25, -0.2) is 4.39 Å². The predicted molar refractivity (Wildman–Crippen MR) is 71.1 cm³/mol. The Labute approximate surface area is 122 Å². The van der Waals surface area contributed by atoms with Gasteiger partial charge in [0.2, 0.25) is 11.2 Å². The Hall–Kier alpha value is -1.37. The van der Waals surface area contributed by atoms with E-state index in [-0.39, 0.29) is 27.3 Å². The second-order valence-electron chi connectivity index (χ2n) is 3.29. The molecular formula is C10H6Cl3FN4O. The van der Waals surface area contributed by atoms with Crippen LogP contribution < -0.4 is 10.1 Å². The van der Waals surface area contributed by atoms with Crippen molar-refractivity contribution in [3.8, 4) is 6.01 Å². The molecule has 0 fully saturated rings. The van der Waals surface area contributed by atoms with Gasteiger partial charge in [-0.15, -0.1) is 0 Å². The number of ether oxygens (including phenoxy) is 1. The highest BCUT2D eigenvalue weighted by atomic mass is 35.5. The van der Waals surface area contributed by atoms with Crippen LogP contribution in [0.3, 0.4) is 0 Å². The molecular weight excluding hydrogens is 317 g/mol. The number of halogens is 4. The maximum absolute atomic E-state index is 13.3. The molecule has 0 atom stereocenters. The lowest BCUT2D eigenvalue weighted by Crippen LogP contribution is -2.02. The molecule has 0 bridgehead atoms. The summed E-state index contributed by atoms with van der Waals surface area (Å²) in [6, 6.07) is 2.72. The molecule has 1 aromatic heterocycles. The van der Waals surface area contributed by atoms with Gasteiger partial charge >= 0.3 is 6.01 Å². The molecule has 1 heterocycles. The van der Waals surface area contributed by atoms with E-state index in [1.807, 2.05) is 0 Å². The quantitative estimate of drug-likeness (QED) is 0.872. The first kappa shape index (κ1) is 14.0. The Morgan fingerprint density at radius 3 is 2.32 bits per heavy atom. The van der Waals surface area contributed by atoms with Crippen molar-refractivity contribution in [2.24, 2.45) is 0 Å². The first-order valence-corrected chi connectivity index (χ1v) is 6.00. The molecule has 0 aliphatic carbocycles. The van der Waals surface area contributed by atoms with Gasteiger partial charge in [-0.05, 0) is 23.7 Å². The second kappa shape index (κ2) is 5.73. The van der Waals surface area contributed by atoms with E-state index in [4.69, 9.17) is 39.5 Å². The summed E-state index contributed by atoms with van der Waals surface area (Å²) < 4.78 is 18.1. The van der Waals surface area contributed by atoms with Crippen molar-refractivity contribution in [2.45, 2.75) is 0 Å². The van der Waals surface area contributed by atoms with Crippen molar-refractivity contribution < 1.29 is 9.13 Å². The molecule has 0 saturated heterocycles. The minimum atomic E-state index is -0.694. The second-order valence-corrected chi connectivity index (χ2v) is 4.45. The molecule has 0 spiro atoms. The summed E-state index contributed by atoms with van der Waals surface area (Å²) in [7, 11) is 1.39. The van der Waals surface area contributed by atoms with Gasteiger partial charge in [-0.1, -0.05) is 23.2 Å². The first-order chi connectivity index (χ1) is 8.99. The lowest BCUT2D eigenvalue weighted by atomic mass is 10.3. The van der Waals surface area contributed by atoms with Crippen LogP contribution in [0.25, 0.3) is 0 Å². The summed E-state index contributed by atoms with van der Waals surface area (Å²) in [5, 5.41) is 2.47. The fraction of sp³-hybridized carbons (Fsp3) is 0.100. The molecule has 100 valence electrons. The summed E-state index contributed by atoms with van der Waals surface area (Å²) in [5.41, 5.74) is 0.403. The normalized spacial score (nSPS) is 10.4. The third kappa shape index (κ3) is 3.34. The van der Waals surface area contributed by atoms with Crippen molar-refractivity contribution >= 4 is 46.4 Å². The third-order valence-electron chi connectivity index (χ3n) is 2.01. The average molecular weight is 324 g/mol. The van der Waals surface area contributed by atoms with Gasteiger partial charge in [0.05, 0.1) is 17.2 Å². The van der Waals surface area contributed by atoms with Gasteiger partial charge in [0.1, 0.15) is 0 Å². The van der Waals surface area contributed by atoms with Gasteiger partial charge < -0.3 is 10.1 Å². The number of benzene rings is 1. The van der Waals surface area contributed by atoms with Crippen molar-refractivity contribution in [3.05, 3.63) is 33.3 Å². The fourth-order valence-corrected chi connectivity index (χ4v) is 1.88. The van der Waals surface area contributed by atoms with Crippen molar-refractivity contribution in [2.75, 3.05) is 12.4 Å². The fourth-order valence-electron chi connectivity index (χ4n) is 1.24. The molecule has 5 nitrogen and oxygen atoms in total. The zero-order valence-corrected chi connectivity index (χ0v) is 11.7. The van der Waals surface area contributed by atoms with Crippen molar-refractivity contribution in [1.82, 2.24) is 15.0 Å². The largest absolute Gasteiger partial charge is 0.467 e. The zero-order valence-electron chi connectivity index (χ0n) is 9.42. The van der Waals surface area contributed by atoms with Crippen LogP contribution in [0.2, 0.25) is 15.3 Å². The standard InChI is InChI=1S/C10H6Cl3FN4O/c1-19-10-17-8(13)16-9(18-10)15-4-2-5(11)7(14)6(12)3-4/h2-3H,1H3,(H,15,16,17,18). The maximum Gasteiger partial charge on any atom is 0.322 e. The van der Waals surface area contributed by atoms with E-state index in [9.17, 15) is 4.39 Å². The van der Waals surface area contributed by atoms with Gasteiger partial charge in [0.15, 0.2) is 5.82 Å². The number of hydrogen-bond acceptors (Lipinski definition) is 5. The number of methoxy groups -OCH3 is 1. The number of anilines is 2. The monoisotopic (exact) mass is 322 g/mol. The third-order valence-corrected chi connectivity index (χ3v) is 2.73. The molecule has 0 saturated carbocycles. The van der Waals surface area contributed by atoms with Crippen LogP contribution in [-0.4, -0.2) is 22.1 Å². The maximum atomic E-state index is 13.3. The molecule has 1 aromatic carbocycles. The highest BCUT2D eigenvalue weighted by Gasteiger charge is 2.10. The Morgan fingerprint density at radius 1 is 1.11 bits per heavy atom. The molecule has 0 unspecified atom stereocenters. The van der Waals surface area contributed by atoms with E-state index in [1.54, 1.807) is 0 Å². The van der Waals surface area contributed by atoms with Crippen LogP contribution in [0.1, 0.15) is 0 Å². The van der Waals surface area contributed by atoms with Crippen LogP contribution in [0.4, 0.5) is 16.0 Å². The molecule has 2 aromatic rings. The smallest absolute Gasteiger partial charge is 0.322 e. The molecule has 19 heavy (non-hydrogen) atoms. The summed E-state index contributed by atoms with van der Waals surface area (Å²) in [4.78, 5) is 11.5. The van der Waals surface area contributed by atoms with E-state index < -0.39 is 5.82 Å². The Bertz CT molecular complexity index is 603. The van der Waals surface area contributed by atoms with E-state index in [2.05, 4.69) is 20.3 Å². The number of rotatable bonds is 3. The number of hydrogen-bond donors (Lipinski definition) is 1. The number of aromatic nitrogens is 3. The molecule has 1 N–H and O–H groups in total. The highest BCUT2D eigenvalue weighted by Crippen LogP contribution is 2.28.